The number of carbonyl (C=O) groups excluding carboxylic acids is 1. The number of amides is 1. The molecule has 32 heavy (non-hydrogen) atoms. The van der Waals surface area contributed by atoms with Crippen LogP contribution in [-0.2, 0) is 0 Å². The highest BCUT2D eigenvalue weighted by atomic mass is 16.6. The summed E-state index contributed by atoms with van der Waals surface area (Å²) in [5.41, 5.74) is 2.69. The number of rotatable bonds is 6. The Hall–Kier alpha value is -3.52. The molecule has 4 rings (SSSR count). The van der Waals surface area contributed by atoms with Crippen LogP contribution in [0.25, 0.3) is 11.0 Å². The Morgan fingerprint density at radius 1 is 1.12 bits per heavy atom. The van der Waals surface area contributed by atoms with Gasteiger partial charge in [0.25, 0.3) is 11.6 Å². The summed E-state index contributed by atoms with van der Waals surface area (Å²) in [6, 6.07) is 8.93. The van der Waals surface area contributed by atoms with Gasteiger partial charge in [-0.25, -0.2) is 0 Å². The summed E-state index contributed by atoms with van der Waals surface area (Å²) in [7, 11) is 3.89. The van der Waals surface area contributed by atoms with E-state index in [0.29, 0.717) is 29.5 Å². The van der Waals surface area contributed by atoms with Crippen molar-refractivity contribution < 1.29 is 14.1 Å². The van der Waals surface area contributed by atoms with E-state index in [1.807, 2.05) is 32.8 Å². The fourth-order valence-electron chi connectivity index (χ4n) is 4.22. The van der Waals surface area contributed by atoms with Crippen molar-refractivity contribution in [1.82, 2.24) is 9.80 Å². The maximum absolute atomic E-state index is 13.6. The van der Waals surface area contributed by atoms with Crippen LogP contribution < -0.4 is 5.43 Å². The van der Waals surface area contributed by atoms with E-state index in [4.69, 9.17) is 4.42 Å². The molecule has 1 aliphatic heterocycles. The normalized spacial score (nSPS) is 15.6. The Balaban J connectivity index is 1.92. The van der Waals surface area contributed by atoms with Crippen molar-refractivity contribution in [3.63, 3.8) is 0 Å². The Labute approximate surface area is 185 Å². The quantitative estimate of drug-likeness (QED) is 0.431. The van der Waals surface area contributed by atoms with Gasteiger partial charge in [-0.2, -0.15) is 0 Å². The highest BCUT2D eigenvalue weighted by Gasteiger charge is 2.42. The van der Waals surface area contributed by atoms with Crippen molar-refractivity contribution in [1.29, 1.82) is 0 Å². The van der Waals surface area contributed by atoms with E-state index in [0.717, 1.165) is 17.7 Å². The lowest BCUT2D eigenvalue weighted by atomic mass is 9.97. The van der Waals surface area contributed by atoms with Gasteiger partial charge in [0.15, 0.2) is 5.43 Å². The van der Waals surface area contributed by atoms with Gasteiger partial charge in [-0.15, -0.1) is 0 Å². The molecule has 1 atom stereocenters. The van der Waals surface area contributed by atoms with Gasteiger partial charge in [-0.05, 0) is 69.7 Å². The zero-order chi connectivity index (χ0) is 23.2. The zero-order valence-corrected chi connectivity index (χ0v) is 18.5. The van der Waals surface area contributed by atoms with Crippen LogP contribution >= 0.6 is 0 Å². The van der Waals surface area contributed by atoms with E-state index in [2.05, 4.69) is 0 Å². The molecule has 8 heteroatoms. The predicted octanol–water partition coefficient (Wildman–Crippen LogP) is 3.81. The molecule has 8 nitrogen and oxygen atoms in total. The van der Waals surface area contributed by atoms with Crippen molar-refractivity contribution in [3.05, 3.63) is 84.7 Å². The summed E-state index contributed by atoms with van der Waals surface area (Å²) >= 11 is 0. The monoisotopic (exact) mass is 435 g/mol. The number of nitro benzene ring substituents is 1. The van der Waals surface area contributed by atoms with Crippen molar-refractivity contribution in [2.75, 3.05) is 27.2 Å². The molecule has 3 aromatic rings. The zero-order valence-electron chi connectivity index (χ0n) is 18.5. The smallest absolute Gasteiger partial charge is 0.290 e. The molecule has 0 spiro atoms. The number of fused-ring (bicyclic) bond motifs is 2. The third-order valence-electron chi connectivity index (χ3n) is 5.98. The highest BCUT2D eigenvalue weighted by molar-refractivity contribution is 5.99. The van der Waals surface area contributed by atoms with Crippen LogP contribution in [0.2, 0.25) is 0 Å². The van der Waals surface area contributed by atoms with Crippen LogP contribution in [0.4, 0.5) is 5.69 Å². The summed E-state index contributed by atoms with van der Waals surface area (Å²) in [6.07, 6.45) is 0.685. The predicted molar refractivity (Wildman–Crippen MR) is 121 cm³/mol. The van der Waals surface area contributed by atoms with E-state index in [-0.39, 0.29) is 28.3 Å². The van der Waals surface area contributed by atoms with Gasteiger partial charge in [0.05, 0.1) is 21.9 Å². The van der Waals surface area contributed by atoms with Crippen LogP contribution in [0.5, 0.6) is 0 Å². The first-order valence-corrected chi connectivity index (χ1v) is 10.5. The summed E-state index contributed by atoms with van der Waals surface area (Å²) in [6.45, 7) is 4.98. The summed E-state index contributed by atoms with van der Waals surface area (Å²) in [4.78, 5) is 41.4. The average Bonchev–Trinajstić information content (AvgIpc) is 3.02. The maximum Gasteiger partial charge on any atom is 0.290 e. The Morgan fingerprint density at radius 3 is 2.53 bits per heavy atom. The van der Waals surface area contributed by atoms with E-state index < -0.39 is 11.0 Å². The summed E-state index contributed by atoms with van der Waals surface area (Å²) in [5, 5.41) is 11.8. The molecular formula is C24H25N3O5. The van der Waals surface area contributed by atoms with Gasteiger partial charge in [0.2, 0.25) is 5.76 Å². The van der Waals surface area contributed by atoms with Gasteiger partial charge >= 0.3 is 0 Å². The molecule has 1 amide bonds. The first kappa shape index (κ1) is 21.7. The van der Waals surface area contributed by atoms with Gasteiger partial charge in [0, 0.05) is 18.7 Å². The molecule has 0 saturated heterocycles. The molecule has 0 saturated carbocycles. The number of carbonyl (C=O) groups is 1. The van der Waals surface area contributed by atoms with Crippen molar-refractivity contribution >= 4 is 22.6 Å². The number of aryl methyl sites for hydroxylation is 2. The number of non-ortho nitro benzene ring substituents is 1. The number of hydrogen-bond acceptors (Lipinski definition) is 6. The Morgan fingerprint density at radius 2 is 1.84 bits per heavy atom. The van der Waals surface area contributed by atoms with E-state index in [9.17, 15) is 19.7 Å². The summed E-state index contributed by atoms with van der Waals surface area (Å²) in [5.74, 6) is -0.348. The van der Waals surface area contributed by atoms with Crippen molar-refractivity contribution in [3.8, 4) is 0 Å². The molecular weight excluding hydrogens is 410 g/mol. The molecule has 0 radical (unpaired) electrons. The third-order valence-corrected chi connectivity index (χ3v) is 5.98. The highest BCUT2D eigenvalue weighted by Crippen LogP contribution is 2.39. The summed E-state index contributed by atoms with van der Waals surface area (Å²) < 4.78 is 5.98. The Kier molecular flexibility index (Phi) is 5.56. The topological polar surface area (TPSA) is 96.9 Å². The van der Waals surface area contributed by atoms with Crippen molar-refractivity contribution in [2.24, 2.45) is 0 Å². The van der Waals surface area contributed by atoms with Crippen LogP contribution in [0, 0.1) is 24.0 Å². The molecule has 1 aromatic heterocycles. The molecule has 1 aliphatic rings. The van der Waals surface area contributed by atoms with E-state index in [1.165, 1.54) is 12.1 Å². The van der Waals surface area contributed by atoms with Crippen molar-refractivity contribution in [2.45, 2.75) is 26.3 Å². The molecule has 0 N–H and O–H groups in total. The second-order valence-electron chi connectivity index (χ2n) is 8.52. The molecule has 0 aliphatic carbocycles. The second kappa shape index (κ2) is 8.20. The minimum atomic E-state index is -0.734. The van der Waals surface area contributed by atoms with E-state index in [1.54, 1.807) is 29.2 Å². The molecule has 0 fully saturated rings. The maximum atomic E-state index is 13.6. The average molecular weight is 435 g/mol. The largest absolute Gasteiger partial charge is 0.450 e. The molecule has 0 bridgehead atoms. The van der Waals surface area contributed by atoms with Crippen LogP contribution in [-0.4, -0.2) is 47.8 Å². The van der Waals surface area contributed by atoms with Crippen LogP contribution in [0.15, 0.2) is 45.6 Å². The minimum absolute atomic E-state index is 0.0205. The molecule has 2 aromatic carbocycles. The van der Waals surface area contributed by atoms with Gasteiger partial charge in [-0.1, -0.05) is 12.1 Å². The van der Waals surface area contributed by atoms with E-state index >= 15 is 0 Å². The first-order valence-electron chi connectivity index (χ1n) is 10.5. The lowest BCUT2D eigenvalue weighted by Crippen LogP contribution is -2.32. The lowest BCUT2D eigenvalue weighted by Gasteiger charge is -2.25. The SMILES string of the molecule is Cc1cc2oc3c(c(=O)c2cc1C)C(c1cccc([N+](=O)[O-])c1)N(CCCN(C)C)C3=O. The van der Waals surface area contributed by atoms with Crippen LogP contribution in [0.3, 0.4) is 0 Å². The minimum Gasteiger partial charge on any atom is -0.450 e. The Bertz CT molecular complexity index is 1290. The van der Waals surface area contributed by atoms with Gasteiger partial charge in [-0.3, -0.25) is 19.7 Å². The first-order chi connectivity index (χ1) is 15.2. The number of nitro groups is 1. The third kappa shape index (κ3) is 3.67. The van der Waals surface area contributed by atoms with Gasteiger partial charge < -0.3 is 14.2 Å². The molecule has 166 valence electrons. The number of benzene rings is 2. The van der Waals surface area contributed by atoms with Gasteiger partial charge in [0.1, 0.15) is 5.58 Å². The molecule has 1 unspecified atom stereocenters. The fourth-order valence-corrected chi connectivity index (χ4v) is 4.22. The number of nitrogens with zero attached hydrogens (tertiary/aromatic N) is 3. The number of hydrogen-bond donors (Lipinski definition) is 0. The van der Waals surface area contributed by atoms with Crippen LogP contribution in [0.1, 0.15) is 45.3 Å². The standard InChI is InChI=1S/C24H25N3O5/c1-14-11-18-19(12-15(14)2)32-23-20(22(18)28)21(16-7-5-8-17(13-16)27(30)31)26(24(23)29)10-6-9-25(3)4/h5,7-8,11-13,21H,6,9-10H2,1-4H3. The fraction of sp³-hybridized carbons (Fsp3) is 0.333. The molecule has 2 heterocycles. The lowest BCUT2D eigenvalue weighted by molar-refractivity contribution is -0.384. The second-order valence-corrected chi connectivity index (χ2v) is 8.52.